The summed E-state index contributed by atoms with van der Waals surface area (Å²) in [5, 5.41) is 10.4. The van der Waals surface area contributed by atoms with Crippen molar-refractivity contribution < 1.29 is 9.90 Å². The lowest BCUT2D eigenvalue weighted by Crippen LogP contribution is -2.15. The van der Waals surface area contributed by atoms with Crippen LogP contribution < -0.4 is 0 Å². The van der Waals surface area contributed by atoms with Crippen molar-refractivity contribution in [3.63, 3.8) is 0 Å². The molecule has 0 aliphatic rings. The predicted octanol–water partition coefficient (Wildman–Crippen LogP) is 4.71. The number of rotatable bonds is 4. The third-order valence-electron chi connectivity index (χ3n) is 3.32. The van der Waals surface area contributed by atoms with Gasteiger partial charge in [0.05, 0.1) is 16.0 Å². The van der Waals surface area contributed by atoms with Gasteiger partial charge in [-0.25, -0.2) is 0 Å². The van der Waals surface area contributed by atoms with Gasteiger partial charge in [0.25, 0.3) is 0 Å². The summed E-state index contributed by atoms with van der Waals surface area (Å²) in [6.45, 7) is 1.91. The van der Waals surface area contributed by atoms with Gasteiger partial charge in [-0.05, 0) is 36.1 Å². The van der Waals surface area contributed by atoms with Gasteiger partial charge in [0.1, 0.15) is 0 Å². The van der Waals surface area contributed by atoms with Gasteiger partial charge >= 0.3 is 5.97 Å². The quantitative estimate of drug-likeness (QED) is 0.888. The molecule has 0 aromatic heterocycles. The number of halogens is 2. The minimum absolute atomic E-state index is 0.319. The van der Waals surface area contributed by atoms with Crippen molar-refractivity contribution in [2.45, 2.75) is 19.3 Å². The van der Waals surface area contributed by atoms with E-state index < -0.39 is 11.9 Å². The number of hydrogen-bond donors (Lipinski definition) is 1. The van der Waals surface area contributed by atoms with Gasteiger partial charge in [-0.3, -0.25) is 4.79 Å². The Morgan fingerprint density at radius 3 is 2.50 bits per heavy atom. The molecule has 20 heavy (non-hydrogen) atoms. The lowest BCUT2D eigenvalue weighted by molar-refractivity contribution is -0.138. The Kier molecular flexibility index (Phi) is 4.69. The fourth-order valence-corrected chi connectivity index (χ4v) is 2.63. The van der Waals surface area contributed by atoms with Crippen molar-refractivity contribution in [1.29, 1.82) is 0 Å². The number of carbonyl (C=O) groups is 1. The van der Waals surface area contributed by atoms with Crippen molar-refractivity contribution in [3.8, 4) is 0 Å². The second kappa shape index (κ2) is 6.29. The third-order valence-corrected chi connectivity index (χ3v) is 4.18. The van der Waals surface area contributed by atoms with E-state index in [9.17, 15) is 9.90 Å². The molecule has 1 unspecified atom stereocenters. The molecule has 0 fully saturated rings. The minimum Gasteiger partial charge on any atom is -0.481 e. The lowest BCUT2D eigenvalue weighted by Gasteiger charge is -2.16. The zero-order valence-corrected chi connectivity index (χ0v) is 12.4. The standard InChI is InChI=1S/C16H14Cl2O2/c1-10-5-2-3-7-12(10)13(16(19)20)9-11-6-4-8-14(17)15(11)18/h2-8,13H,9H2,1H3,(H,19,20). The van der Waals surface area contributed by atoms with Crippen molar-refractivity contribution in [2.24, 2.45) is 0 Å². The first-order valence-corrected chi connectivity index (χ1v) is 6.97. The number of aliphatic carboxylic acids is 1. The van der Waals surface area contributed by atoms with E-state index >= 15 is 0 Å². The second-order valence-corrected chi connectivity index (χ2v) is 5.45. The minimum atomic E-state index is -0.865. The summed E-state index contributed by atoms with van der Waals surface area (Å²) in [7, 11) is 0. The molecule has 2 rings (SSSR count). The molecule has 0 saturated carbocycles. The normalized spacial score (nSPS) is 12.2. The summed E-state index contributed by atoms with van der Waals surface area (Å²) in [5.74, 6) is -1.50. The maximum Gasteiger partial charge on any atom is 0.311 e. The second-order valence-electron chi connectivity index (χ2n) is 4.66. The van der Waals surface area contributed by atoms with Gasteiger partial charge in [0.2, 0.25) is 0 Å². The van der Waals surface area contributed by atoms with Crippen molar-refractivity contribution in [2.75, 3.05) is 0 Å². The summed E-state index contributed by atoms with van der Waals surface area (Å²) in [5.41, 5.74) is 2.50. The van der Waals surface area contributed by atoms with Gasteiger partial charge in [-0.15, -0.1) is 0 Å². The van der Waals surface area contributed by atoms with Crippen LogP contribution in [-0.2, 0) is 11.2 Å². The summed E-state index contributed by atoms with van der Waals surface area (Å²) in [6, 6.07) is 12.8. The summed E-state index contributed by atoms with van der Waals surface area (Å²) >= 11 is 12.1. The molecule has 0 heterocycles. The van der Waals surface area contributed by atoms with E-state index in [1.807, 2.05) is 37.3 Å². The van der Waals surface area contributed by atoms with Gasteiger partial charge < -0.3 is 5.11 Å². The smallest absolute Gasteiger partial charge is 0.311 e. The molecule has 0 bridgehead atoms. The SMILES string of the molecule is Cc1ccccc1C(Cc1cccc(Cl)c1Cl)C(=O)O. The van der Waals surface area contributed by atoms with Gasteiger partial charge in [-0.1, -0.05) is 59.6 Å². The number of benzene rings is 2. The molecule has 1 N–H and O–H groups in total. The first-order valence-electron chi connectivity index (χ1n) is 6.22. The molecule has 0 amide bonds. The molecule has 1 atom stereocenters. The van der Waals surface area contributed by atoms with Crippen LogP contribution in [0.4, 0.5) is 0 Å². The summed E-state index contributed by atoms with van der Waals surface area (Å²) < 4.78 is 0. The van der Waals surface area contributed by atoms with Crippen molar-refractivity contribution >= 4 is 29.2 Å². The van der Waals surface area contributed by atoms with Crippen LogP contribution in [0.5, 0.6) is 0 Å². The maximum atomic E-state index is 11.6. The molecular weight excluding hydrogens is 295 g/mol. The first-order chi connectivity index (χ1) is 9.50. The van der Waals surface area contributed by atoms with Crippen LogP contribution in [0, 0.1) is 6.92 Å². The fourth-order valence-electron chi connectivity index (χ4n) is 2.23. The van der Waals surface area contributed by atoms with Crippen LogP contribution in [0.3, 0.4) is 0 Å². The number of hydrogen-bond acceptors (Lipinski definition) is 1. The molecule has 2 aromatic rings. The van der Waals surface area contributed by atoms with Crippen LogP contribution in [0.25, 0.3) is 0 Å². The van der Waals surface area contributed by atoms with E-state index in [0.717, 1.165) is 16.7 Å². The fraction of sp³-hybridized carbons (Fsp3) is 0.188. The van der Waals surface area contributed by atoms with Crippen LogP contribution in [0.1, 0.15) is 22.6 Å². The highest BCUT2D eigenvalue weighted by Crippen LogP contribution is 2.31. The number of aryl methyl sites for hydroxylation is 1. The van der Waals surface area contributed by atoms with Gasteiger partial charge in [0.15, 0.2) is 0 Å². The Balaban J connectivity index is 2.39. The number of carboxylic acids is 1. The van der Waals surface area contributed by atoms with Gasteiger partial charge in [-0.2, -0.15) is 0 Å². The van der Waals surface area contributed by atoms with Crippen LogP contribution in [0.2, 0.25) is 10.0 Å². The molecule has 0 aliphatic carbocycles. The molecular formula is C16H14Cl2O2. The van der Waals surface area contributed by atoms with E-state index in [4.69, 9.17) is 23.2 Å². The zero-order chi connectivity index (χ0) is 14.7. The van der Waals surface area contributed by atoms with Crippen molar-refractivity contribution in [3.05, 3.63) is 69.2 Å². The number of carboxylic acid groups (broad SMARTS) is 1. The molecule has 0 spiro atoms. The van der Waals surface area contributed by atoms with E-state index in [-0.39, 0.29) is 0 Å². The lowest BCUT2D eigenvalue weighted by atomic mass is 9.89. The Hall–Kier alpha value is -1.51. The Bertz CT molecular complexity index is 638. The summed E-state index contributed by atoms with van der Waals surface area (Å²) in [4.78, 5) is 11.6. The van der Waals surface area contributed by atoms with Crippen LogP contribution in [-0.4, -0.2) is 11.1 Å². The van der Waals surface area contributed by atoms with E-state index in [1.54, 1.807) is 12.1 Å². The highest BCUT2D eigenvalue weighted by atomic mass is 35.5. The monoisotopic (exact) mass is 308 g/mol. The molecule has 4 heteroatoms. The predicted molar refractivity (Wildman–Crippen MR) is 81.7 cm³/mol. The third kappa shape index (κ3) is 3.14. The topological polar surface area (TPSA) is 37.3 Å². The highest BCUT2D eigenvalue weighted by Gasteiger charge is 2.23. The van der Waals surface area contributed by atoms with E-state index in [2.05, 4.69) is 0 Å². The Morgan fingerprint density at radius 1 is 1.15 bits per heavy atom. The molecule has 0 aliphatic heterocycles. The molecule has 2 aromatic carbocycles. The first kappa shape index (κ1) is 14.9. The van der Waals surface area contributed by atoms with Crippen molar-refractivity contribution in [1.82, 2.24) is 0 Å². The Labute approximate surface area is 128 Å². The van der Waals surface area contributed by atoms with E-state index in [0.29, 0.717) is 16.5 Å². The molecule has 0 radical (unpaired) electrons. The van der Waals surface area contributed by atoms with E-state index in [1.165, 1.54) is 0 Å². The highest BCUT2D eigenvalue weighted by molar-refractivity contribution is 6.42. The van der Waals surface area contributed by atoms with Crippen LogP contribution >= 0.6 is 23.2 Å². The van der Waals surface area contributed by atoms with Crippen LogP contribution in [0.15, 0.2) is 42.5 Å². The average molecular weight is 309 g/mol. The maximum absolute atomic E-state index is 11.6. The largest absolute Gasteiger partial charge is 0.481 e. The average Bonchev–Trinajstić information content (AvgIpc) is 2.41. The molecule has 0 saturated heterocycles. The zero-order valence-electron chi connectivity index (χ0n) is 10.9. The van der Waals surface area contributed by atoms with Gasteiger partial charge in [0, 0.05) is 0 Å². The summed E-state index contributed by atoms with van der Waals surface area (Å²) in [6.07, 6.45) is 0.319. The Morgan fingerprint density at radius 2 is 1.85 bits per heavy atom. The molecule has 2 nitrogen and oxygen atoms in total. The molecule has 104 valence electrons.